The lowest BCUT2D eigenvalue weighted by Gasteiger charge is -2.25. The van der Waals surface area contributed by atoms with Crippen LogP contribution in [0, 0.1) is 6.92 Å². The minimum absolute atomic E-state index is 0.236. The number of carbonyl (C=O) groups is 1. The average molecular weight is 399 g/mol. The summed E-state index contributed by atoms with van der Waals surface area (Å²) < 4.78 is 0. The fraction of sp³-hybridized carbons (Fsp3) is 0.280. The zero-order valence-corrected chi connectivity index (χ0v) is 17.0. The van der Waals surface area contributed by atoms with Crippen molar-refractivity contribution in [3.63, 3.8) is 0 Å². The molecular weight excluding hydrogens is 374 g/mol. The Morgan fingerprint density at radius 3 is 2.80 bits per heavy atom. The number of aryl methyl sites for hydroxylation is 1. The van der Waals surface area contributed by atoms with E-state index in [9.17, 15) is 9.90 Å². The molecule has 1 saturated carbocycles. The summed E-state index contributed by atoms with van der Waals surface area (Å²) in [4.78, 5) is 18.2. The highest BCUT2D eigenvalue weighted by Crippen LogP contribution is 2.43. The number of aromatic carboxylic acids is 1. The first-order valence-corrected chi connectivity index (χ1v) is 10.5. The van der Waals surface area contributed by atoms with E-state index < -0.39 is 5.97 Å². The van der Waals surface area contributed by atoms with Crippen LogP contribution in [0.3, 0.4) is 0 Å². The van der Waals surface area contributed by atoms with Crippen LogP contribution in [0.2, 0.25) is 0 Å². The van der Waals surface area contributed by atoms with Gasteiger partial charge in [0.2, 0.25) is 0 Å². The first kappa shape index (κ1) is 18.8. The number of rotatable bonds is 6. The first-order valence-electron chi connectivity index (χ1n) is 10.5. The van der Waals surface area contributed by atoms with Gasteiger partial charge in [-0.2, -0.15) is 0 Å². The highest BCUT2D eigenvalue weighted by molar-refractivity contribution is 5.93. The summed E-state index contributed by atoms with van der Waals surface area (Å²) in [6.07, 6.45) is 5.59. The summed E-state index contributed by atoms with van der Waals surface area (Å²) in [5.74, 6) is -0.936. The van der Waals surface area contributed by atoms with Gasteiger partial charge < -0.3 is 10.4 Å². The molecule has 0 amide bonds. The van der Waals surface area contributed by atoms with Gasteiger partial charge in [0.05, 0.1) is 23.5 Å². The number of fused-ring (bicyclic) bond motifs is 1. The minimum atomic E-state index is -0.936. The normalized spacial score (nSPS) is 18.2. The third kappa shape index (κ3) is 3.46. The van der Waals surface area contributed by atoms with Crippen LogP contribution in [0.5, 0.6) is 0 Å². The molecule has 5 heteroatoms. The van der Waals surface area contributed by atoms with Gasteiger partial charge in [-0.3, -0.25) is 9.88 Å². The van der Waals surface area contributed by atoms with E-state index in [4.69, 9.17) is 0 Å². The van der Waals surface area contributed by atoms with E-state index in [0.717, 1.165) is 6.54 Å². The van der Waals surface area contributed by atoms with E-state index in [-0.39, 0.29) is 11.6 Å². The zero-order valence-electron chi connectivity index (χ0n) is 17.0. The molecule has 2 N–H and O–H groups in total. The van der Waals surface area contributed by atoms with Crippen LogP contribution in [0.4, 0.5) is 5.69 Å². The summed E-state index contributed by atoms with van der Waals surface area (Å²) in [6, 6.07) is 17.7. The van der Waals surface area contributed by atoms with E-state index in [0.29, 0.717) is 18.3 Å². The van der Waals surface area contributed by atoms with Crippen LogP contribution < -0.4 is 5.32 Å². The van der Waals surface area contributed by atoms with Crippen molar-refractivity contribution in [2.24, 2.45) is 0 Å². The quantitative estimate of drug-likeness (QED) is 0.618. The maximum absolute atomic E-state index is 11.5. The Kier molecular flexibility index (Phi) is 4.75. The van der Waals surface area contributed by atoms with Gasteiger partial charge >= 0.3 is 5.97 Å². The largest absolute Gasteiger partial charge is 0.478 e. The molecule has 0 saturated heterocycles. The first-order chi connectivity index (χ1) is 14.6. The number of aromatic nitrogens is 1. The van der Waals surface area contributed by atoms with Crippen molar-refractivity contribution < 1.29 is 9.90 Å². The molecule has 1 aromatic heterocycles. The Bertz CT molecular complexity index is 1110. The molecular formula is C25H25N3O2. The fourth-order valence-corrected chi connectivity index (χ4v) is 4.56. The van der Waals surface area contributed by atoms with Gasteiger partial charge in [-0.25, -0.2) is 4.79 Å². The molecule has 5 nitrogen and oxygen atoms in total. The SMILES string of the molecule is Cc1ccccc1-c1ccc2c(c1)CN(C1CC1)C2CNc1cnccc1C(=O)O. The van der Waals surface area contributed by atoms with Crippen LogP contribution in [0.15, 0.2) is 60.9 Å². The van der Waals surface area contributed by atoms with Crippen molar-refractivity contribution in [3.05, 3.63) is 83.2 Å². The highest BCUT2D eigenvalue weighted by atomic mass is 16.4. The van der Waals surface area contributed by atoms with Crippen molar-refractivity contribution in [2.75, 3.05) is 11.9 Å². The Balaban J connectivity index is 1.43. The maximum atomic E-state index is 11.5. The second-order valence-electron chi connectivity index (χ2n) is 8.26. The monoisotopic (exact) mass is 399 g/mol. The van der Waals surface area contributed by atoms with Crippen molar-refractivity contribution in [2.45, 2.75) is 38.4 Å². The number of hydrogen-bond donors (Lipinski definition) is 2. The number of carboxylic acid groups (broad SMARTS) is 1. The van der Waals surface area contributed by atoms with Crippen LogP contribution in [0.25, 0.3) is 11.1 Å². The summed E-state index contributed by atoms with van der Waals surface area (Å²) >= 11 is 0. The molecule has 0 radical (unpaired) electrons. The summed E-state index contributed by atoms with van der Waals surface area (Å²) in [5, 5.41) is 12.8. The molecule has 1 unspecified atom stereocenters. The van der Waals surface area contributed by atoms with Crippen LogP contribution in [0.1, 0.15) is 45.9 Å². The Morgan fingerprint density at radius 1 is 1.20 bits per heavy atom. The number of nitrogens with zero attached hydrogens (tertiary/aromatic N) is 2. The second kappa shape index (κ2) is 7.58. The van der Waals surface area contributed by atoms with E-state index in [1.165, 1.54) is 46.9 Å². The number of hydrogen-bond acceptors (Lipinski definition) is 4. The summed E-state index contributed by atoms with van der Waals surface area (Å²) in [6.45, 7) is 3.77. The van der Waals surface area contributed by atoms with Gasteiger partial charge in [0.1, 0.15) is 0 Å². The molecule has 0 bridgehead atoms. The minimum Gasteiger partial charge on any atom is -0.478 e. The van der Waals surface area contributed by atoms with Gasteiger partial charge in [-0.1, -0.05) is 36.4 Å². The number of anilines is 1. The van der Waals surface area contributed by atoms with Crippen molar-refractivity contribution in [3.8, 4) is 11.1 Å². The topological polar surface area (TPSA) is 65.5 Å². The zero-order chi connectivity index (χ0) is 20.7. The smallest absolute Gasteiger partial charge is 0.337 e. The van der Waals surface area contributed by atoms with E-state index in [1.807, 2.05) is 0 Å². The van der Waals surface area contributed by atoms with E-state index >= 15 is 0 Å². The Morgan fingerprint density at radius 2 is 2.03 bits per heavy atom. The molecule has 3 aromatic rings. The molecule has 2 heterocycles. The average Bonchev–Trinajstić information content (AvgIpc) is 3.54. The second-order valence-corrected chi connectivity index (χ2v) is 8.26. The molecule has 152 valence electrons. The summed E-state index contributed by atoms with van der Waals surface area (Å²) in [5.41, 5.74) is 7.37. The van der Waals surface area contributed by atoms with E-state index in [2.05, 4.69) is 64.6 Å². The Labute approximate surface area is 176 Å². The lowest BCUT2D eigenvalue weighted by Crippen LogP contribution is -2.29. The van der Waals surface area contributed by atoms with Crippen molar-refractivity contribution >= 4 is 11.7 Å². The van der Waals surface area contributed by atoms with Crippen LogP contribution in [-0.4, -0.2) is 33.5 Å². The predicted octanol–water partition coefficient (Wildman–Crippen LogP) is 4.89. The third-order valence-corrected chi connectivity index (χ3v) is 6.26. The molecule has 2 aromatic carbocycles. The number of nitrogens with one attached hydrogen (secondary N) is 1. The van der Waals surface area contributed by atoms with Gasteiger partial charge in [0.15, 0.2) is 0 Å². The number of pyridine rings is 1. The molecule has 1 aliphatic heterocycles. The van der Waals surface area contributed by atoms with Gasteiger partial charge in [0, 0.05) is 25.3 Å². The molecule has 0 spiro atoms. The van der Waals surface area contributed by atoms with Crippen LogP contribution in [-0.2, 0) is 6.54 Å². The Hall–Kier alpha value is -3.18. The summed E-state index contributed by atoms with van der Waals surface area (Å²) in [7, 11) is 0. The van der Waals surface area contributed by atoms with Gasteiger partial charge in [-0.15, -0.1) is 0 Å². The molecule has 5 rings (SSSR count). The molecule has 2 aliphatic rings. The fourth-order valence-electron chi connectivity index (χ4n) is 4.56. The van der Waals surface area contributed by atoms with E-state index in [1.54, 1.807) is 12.3 Å². The number of benzene rings is 2. The standard InChI is InChI=1S/C25H25N3O2/c1-16-4-2-3-5-20(16)17-6-9-21-18(12-17)15-28(19-7-8-19)24(21)14-27-23-13-26-11-10-22(23)25(29)30/h2-6,9-13,19,24,27H,7-8,14-15H2,1H3,(H,29,30). The predicted molar refractivity (Wildman–Crippen MR) is 118 cm³/mol. The third-order valence-electron chi connectivity index (χ3n) is 6.26. The molecule has 1 atom stereocenters. The van der Waals surface area contributed by atoms with Crippen molar-refractivity contribution in [1.29, 1.82) is 0 Å². The lowest BCUT2D eigenvalue weighted by atomic mass is 9.95. The molecule has 30 heavy (non-hydrogen) atoms. The lowest BCUT2D eigenvalue weighted by molar-refractivity contribution is 0.0697. The molecule has 1 aliphatic carbocycles. The van der Waals surface area contributed by atoms with Gasteiger partial charge in [-0.05, 0) is 59.7 Å². The maximum Gasteiger partial charge on any atom is 0.337 e. The van der Waals surface area contributed by atoms with Gasteiger partial charge in [0.25, 0.3) is 0 Å². The van der Waals surface area contributed by atoms with Crippen molar-refractivity contribution in [1.82, 2.24) is 9.88 Å². The molecule has 1 fully saturated rings. The highest BCUT2D eigenvalue weighted by Gasteiger charge is 2.39. The number of carboxylic acids is 1. The van der Waals surface area contributed by atoms with Crippen LogP contribution >= 0.6 is 0 Å².